The summed E-state index contributed by atoms with van der Waals surface area (Å²) >= 11 is 3.38. The summed E-state index contributed by atoms with van der Waals surface area (Å²) in [5.41, 5.74) is 1.30. The Morgan fingerprint density at radius 2 is 1.79 bits per heavy atom. The molecule has 0 bridgehead atoms. The fourth-order valence-corrected chi connectivity index (χ4v) is 4.33. The molecule has 1 fully saturated rings. The fraction of sp³-hybridized carbons (Fsp3) is 0.269. The number of Topliss-reactive ketones (excluding diaryl/α,β-unsaturated/α-hetero) is 1. The summed E-state index contributed by atoms with van der Waals surface area (Å²) in [6.07, 6.45) is 5.92. The van der Waals surface area contributed by atoms with Crippen LogP contribution in [0.2, 0.25) is 0 Å². The van der Waals surface area contributed by atoms with Crippen molar-refractivity contribution in [1.82, 2.24) is 14.5 Å². The second kappa shape index (κ2) is 10.3. The van der Waals surface area contributed by atoms with Crippen LogP contribution < -0.4 is 4.74 Å². The van der Waals surface area contributed by atoms with Gasteiger partial charge in [0, 0.05) is 35.5 Å². The van der Waals surface area contributed by atoms with Gasteiger partial charge in [-0.25, -0.2) is 4.98 Å². The smallest absolute Gasteiger partial charge is 0.295 e. The van der Waals surface area contributed by atoms with E-state index in [0.717, 1.165) is 10.0 Å². The Kier molecular flexibility index (Phi) is 7.17. The average molecular weight is 524 g/mol. The van der Waals surface area contributed by atoms with Gasteiger partial charge in [-0.15, -0.1) is 0 Å². The number of likely N-dealkylation sites (tertiary alicyclic amines) is 1. The monoisotopic (exact) mass is 523 g/mol. The molecule has 3 aromatic rings. The fourth-order valence-electron chi connectivity index (χ4n) is 4.06. The molecule has 176 valence electrons. The third kappa shape index (κ3) is 5.07. The minimum atomic E-state index is -0.695. The third-order valence-electron chi connectivity index (χ3n) is 5.60. The van der Waals surface area contributed by atoms with Crippen molar-refractivity contribution in [3.8, 4) is 5.75 Å². The zero-order valence-corrected chi connectivity index (χ0v) is 20.6. The van der Waals surface area contributed by atoms with Crippen molar-refractivity contribution in [3.05, 3.63) is 88.4 Å². The van der Waals surface area contributed by atoms with Gasteiger partial charge >= 0.3 is 0 Å². The molecule has 0 aliphatic carbocycles. The molecule has 2 heterocycles. The molecule has 1 saturated heterocycles. The Labute approximate surface area is 206 Å². The van der Waals surface area contributed by atoms with Gasteiger partial charge in [-0.05, 0) is 50.1 Å². The topological polar surface area (TPSA) is 84.7 Å². The number of aryl methyl sites for hydroxylation is 1. The maximum atomic E-state index is 13.1. The minimum Gasteiger partial charge on any atom is -0.507 e. The molecule has 1 aromatic heterocycles. The second-order valence-corrected chi connectivity index (χ2v) is 9.30. The number of benzene rings is 2. The molecular formula is C26H26BrN3O4. The molecule has 1 N–H and O–H groups in total. The lowest BCUT2D eigenvalue weighted by atomic mass is 9.95. The summed E-state index contributed by atoms with van der Waals surface area (Å²) in [6.45, 7) is 4.90. The van der Waals surface area contributed by atoms with E-state index in [1.807, 2.05) is 48.9 Å². The molecule has 1 aliphatic rings. The predicted molar refractivity (Wildman–Crippen MR) is 132 cm³/mol. The van der Waals surface area contributed by atoms with Crippen LogP contribution in [0.4, 0.5) is 0 Å². The number of carbonyl (C=O) groups is 2. The highest BCUT2D eigenvalue weighted by Crippen LogP contribution is 2.40. The van der Waals surface area contributed by atoms with E-state index in [1.54, 1.807) is 41.7 Å². The van der Waals surface area contributed by atoms with Crippen molar-refractivity contribution in [2.45, 2.75) is 39.0 Å². The molecule has 1 amide bonds. The van der Waals surface area contributed by atoms with Crippen molar-refractivity contribution >= 4 is 33.4 Å². The van der Waals surface area contributed by atoms with Crippen molar-refractivity contribution in [3.63, 3.8) is 0 Å². The quantitative estimate of drug-likeness (QED) is 0.256. The van der Waals surface area contributed by atoms with E-state index < -0.39 is 17.7 Å². The van der Waals surface area contributed by atoms with Gasteiger partial charge in [-0.3, -0.25) is 9.59 Å². The van der Waals surface area contributed by atoms with Gasteiger partial charge in [-0.1, -0.05) is 40.2 Å². The molecular weight excluding hydrogens is 498 g/mol. The van der Waals surface area contributed by atoms with Gasteiger partial charge in [-0.2, -0.15) is 0 Å². The summed E-state index contributed by atoms with van der Waals surface area (Å²) in [4.78, 5) is 31.8. The molecule has 1 atom stereocenters. The van der Waals surface area contributed by atoms with Crippen LogP contribution >= 0.6 is 15.9 Å². The number of ether oxygens (including phenoxy) is 1. The SMILES string of the molecule is CC(C)Oc1ccc(C2/C(=C(\O)c3ccc(Br)cc3)C(=O)C(=O)N2CCCn2ccnc2)cc1. The Morgan fingerprint density at radius 1 is 1.09 bits per heavy atom. The van der Waals surface area contributed by atoms with Crippen LogP contribution in [0.5, 0.6) is 5.75 Å². The number of hydrogen-bond donors (Lipinski definition) is 1. The van der Waals surface area contributed by atoms with Crippen molar-refractivity contribution in [2.24, 2.45) is 0 Å². The molecule has 1 unspecified atom stereocenters. The molecule has 1 aliphatic heterocycles. The Balaban J connectivity index is 1.71. The number of ketones is 1. The number of amides is 1. The largest absolute Gasteiger partial charge is 0.507 e. The third-order valence-corrected chi connectivity index (χ3v) is 6.13. The van der Waals surface area contributed by atoms with Crippen LogP contribution in [0.1, 0.15) is 37.4 Å². The summed E-state index contributed by atoms with van der Waals surface area (Å²) < 4.78 is 8.51. The van der Waals surface area contributed by atoms with E-state index in [0.29, 0.717) is 30.8 Å². The lowest BCUT2D eigenvalue weighted by Gasteiger charge is -2.25. The van der Waals surface area contributed by atoms with Crippen LogP contribution in [-0.4, -0.2) is 43.9 Å². The first-order valence-corrected chi connectivity index (χ1v) is 11.9. The number of halogens is 1. The number of hydrogen-bond acceptors (Lipinski definition) is 5. The van der Waals surface area contributed by atoms with E-state index >= 15 is 0 Å². The first-order valence-electron chi connectivity index (χ1n) is 11.1. The summed E-state index contributed by atoms with van der Waals surface area (Å²) in [7, 11) is 0. The average Bonchev–Trinajstić information content (AvgIpc) is 3.42. The maximum absolute atomic E-state index is 13.1. The molecule has 7 nitrogen and oxygen atoms in total. The van der Waals surface area contributed by atoms with E-state index in [-0.39, 0.29) is 17.4 Å². The van der Waals surface area contributed by atoms with Gasteiger partial charge in [0.05, 0.1) is 24.0 Å². The van der Waals surface area contributed by atoms with Crippen LogP contribution in [0.15, 0.2) is 77.3 Å². The van der Waals surface area contributed by atoms with Crippen molar-refractivity contribution < 1.29 is 19.4 Å². The van der Waals surface area contributed by atoms with Crippen LogP contribution in [0.25, 0.3) is 5.76 Å². The molecule has 0 spiro atoms. The van der Waals surface area contributed by atoms with Crippen molar-refractivity contribution in [1.29, 1.82) is 0 Å². The maximum Gasteiger partial charge on any atom is 0.295 e. The first-order chi connectivity index (χ1) is 16.3. The standard InChI is InChI=1S/C26H26BrN3O4/c1-17(2)34-21-10-6-18(7-11-21)23-22(24(31)19-4-8-20(27)9-5-19)25(32)26(33)30(23)14-3-13-29-15-12-28-16-29/h4-12,15-17,23,31H,3,13-14H2,1-2H3/b24-22+. The van der Waals surface area contributed by atoms with Crippen molar-refractivity contribution in [2.75, 3.05) is 6.54 Å². The Morgan fingerprint density at radius 3 is 2.41 bits per heavy atom. The van der Waals surface area contributed by atoms with Crippen LogP contribution in [-0.2, 0) is 16.1 Å². The number of nitrogens with zero attached hydrogens (tertiary/aromatic N) is 3. The zero-order valence-electron chi connectivity index (χ0n) is 19.0. The van der Waals surface area contributed by atoms with Gasteiger partial charge in [0.25, 0.3) is 11.7 Å². The van der Waals surface area contributed by atoms with Crippen LogP contribution in [0, 0.1) is 0 Å². The summed E-state index contributed by atoms with van der Waals surface area (Å²) in [5, 5.41) is 11.1. The lowest BCUT2D eigenvalue weighted by Crippen LogP contribution is -2.31. The minimum absolute atomic E-state index is 0.0251. The molecule has 4 rings (SSSR count). The second-order valence-electron chi connectivity index (χ2n) is 8.39. The van der Waals surface area contributed by atoms with Gasteiger partial charge < -0.3 is 19.3 Å². The molecule has 34 heavy (non-hydrogen) atoms. The zero-order chi connectivity index (χ0) is 24.2. The molecule has 8 heteroatoms. The highest BCUT2D eigenvalue weighted by Gasteiger charge is 2.45. The van der Waals surface area contributed by atoms with Gasteiger partial charge in [0.15, 0.2) is 0 Å². The first kappa shape index (κ1) is 23.8. The van der Waals surface area contributed by atoms with E-state index in [9.17, 15) is 14.7 Å². The number of aromatic nitrogens is 2. The lowest BCUT2D eigenvalue weighted by molar-refractivity contribution is -0.139. The van der Waals surface area contributed by atoms with E-state index in [1.165, 1.54) is 0 Å². The van der Waals surface area contributed by atoms with Gasteiger partial charge in [0.1, 0.15) is 11.5 Å². The molecule has 2 aromatic carbocycles. The normalized spacial score (nSPS) is 17.5. The van der Waals surface area contributed by atoms with Crippen LogP contribution in [0.3, 0.4) is 0 Å². The van der Waals surface area contributed by atoms with E-state index in [4.69, 9.17) is 4.74 Å². The highest BCUT2D eigenvalue weighted by molar-refractivity contribution is 9.10. The number of imidazole rings is 1. The Bertz CT molecular complexity index is 1190. The number of aliphatic hydroxyl groups is 1. The number of aliphatic hydroxyl groups excluding tert-OH is 1. The molecule has 0 saturated carbocycles. The summed E-state index contributed by atoms with van der Waals surface area (Å²) in [6, 6.07) is 13.6. The number of rotatable bonds is 8. The van der Waals surface area contributed by atoms with Gasteiger partial charge in [0.2, 0.25) is 0 Å². The number of carbonyl (C=O) groups excluding carboxylic acids is 2. The van der Waals surface area contributed by atoms with E-state index in [2.05, 4.69) is 20.9 Å². The molecule has 0 radical (unpaired) electrons. The Hall–Kier alpha value is -3.39. The predicted octanol–water partition coefficient (Wildman–Crippen LogP) is 4.94. The summed E-state index contributed by atoms with van der Waals surface area (Å²) in [5.74, 6) is -0.786. The highest BCUT2D eigenvalue weighted by atomic mass is 79.9.